The minimum absolute atomic E-state index is 0.196. The molecule has 0 spiro atoms. The molecule has 0 N–H and O–H groups in total. The summed E-state index contributed by atoms with van der Waals surface area (Å²) in [6, 6.07) is 0. The van der Waals surface area contributed by atoms with Gasteiger partial charge >= 0.3 is 0 Å². The predicted octanol–water partition coefficient (Wildman–Crippen LogP) is -1.14. The molecule has 0 aromatic heterocycles. The number of nitrogens with zero attached hydrogens (tertiary/aromatic N) is 1. The van der Waals surface area contributed by atoms with Gasteiger partial charge in [-0.3, -0.25) is 4.79 Å². The lowest BCUT2D eigenvalue weighted by atomic mass is 10.4. The summed E-state index contributed by atoms with van der Waals surface area (Å²) in [6.07, 6.45) is 0. The molecule has 0 aromatic carbocycles. The highest BCUT2D eigenvalue weighted by Gasteiger charge is 2.13. The highest BCUT2D eigenvalue weighted by molar-refractivity contribution is 7.66. The number of carbonyl (C=O) groups is 1. The van der Waals surface area contributed by atoms with Crippen LogP contribution < -0.4 is 0 Å². The molecule has 1 rings (SSSR count). The first-order chi connectivity index (χ1) is 5.34. The minimum atomic E-state index is -0.201. The maximum atomic E-state index is 11.0. The first kappa shape index (κ1) is 8.42. The monoisotopic (exact) mass is 175 g/mol. The zero-order valence-corrected chi connectivity index (χ0v) is 6.80. The summed E-state index contributed by atoms with van der Waals surface area (Å²) < 4.78 is 15.0. The van der Waals surface area contributed by atoms with Crippen LogP contribution in [-0.2, 0) is 20.8 Å². The maximum Gasteiger partial charge on any atom is 0.259 e. The fourth-order valence-electron chi connectivity index (χ4n) is 0.899. The number of amides is 1. The van der Waals surface area contributed by atoms with Gasteiger partial charge in [0.25, 0.3) is 5.91 Å². The first-order valence-electron chi connectivity index (χ1n) is 3.33. The van der Waals surface area contributed by atoms with E-state index in [-0.39, 0.29) is 17.2 Å². The van der Waals surface area contributed by atoms with Crippen molar-refractivity contribution >= 4 is 22.5 Å². The summed E-state index contributed by atoms with van der Waals surface area (Å²) in [6.45, 7) is 2.33. The van der Waals surface area contributed by atoms with E-state index in [2.05, 4.69) is 0 Å². The van der Waals surface area contributed by atoms with Crippen LogP contribution in [0, 0.1) is 0 Å². The molecule has 0 aromatic rings. The van der Waals surface area contributed by atoms with Crippen LogP contribution in [0.5, 0.6) is 0 Å². The lowest BCUT2D eigenvalue weighted by Gasteiger charge is -2.24. The third kappa shape index (κ3) is 2.44. The molecule has 1 amide bonds. The number of hydrogen-bond donors (Lipinski definition) is 0. The Morgan fingerprint density at radius 3 is 2.64 bits per heavy atom. The van der Waals surface area contributed by atoms with Crippen molar-refractivity contribution in [3.8, 4) is 0 Å². The molecule has 0 saturated carbocycles. The van der Waals surface area contributed by atoms with Crippen molar-refractivity contribution in [2.75, 3.05) is 26.3 Å². The van der Waals surface area contributed by atoms with Gasteiger partial charge in [0.1, 0.15) is 0 Å². The number of morpholine rings is 1. The van der Waals surface area contributed by atoms with Crippen molar-refractivity contribution in [2.24, 2.45) is 0 Å². The van der Waals surface area contributed by atoms with Gasteiger partial charge in [-0.05, 0) is 0 Å². The van der Waals surface area contributed by atoms with Gasteiger partial charge in [-0.25, -0.2) is 4.21 Å². The molecule has 5 heteroatoms. The Hall–Kier alpha value is -0.680. The zero-order chi connectivity index (χ0) is 8.10. The molecule has 4 nitrogen and oxygen atoms in total. The molecule has 1 aliphatic rings. The van der Waals surface area contributed by atoms with Crippen LogP contribution in [0.3, 0.4) is 0 Å². The van der Waals surface area contributed by atoms with Gasteiger partial charge in [-0.1, -0.05) is 0 Å². The average molecular weight is 175 g/mol. The lowest BCUT2D eigenvalue weighted by molar-refractivity contribution is -0.127. The second kappa shape index (κ2) is 4.25. The molecule has 1 aliphatic heterocycles. The van der Waals surface area contributed by atoms with Gasteiger partial charge in [0, 0.05) is 13.1 Å². The van der Waals surface area contributed by atoms with E-state index < -0.39 is 0 Å². The van der Waals surface area contributed by atoms with E-state index in [0.717, 1.165) is 5.37 Å². The summed E-state index contributed by atoms with van der Waals surface area (Å²) in [4.78, 5) is 12.6. The molecule has 1 heterocycles. The Labute approximate surface area is 68.2 Å². The van der Waals surface area contributed by atoms with Gasteiger partial charge in [0.05, 0.1) is 29.8 Å². The third-order valence-corrected chi connectivity index (χ3v) is 1.77. The number of rotatable bonds is 1. The fraction of sp³-hybridized carbons (Fsp3) is 0.667. The predicted molar refractivity (Wildman–Crippen MR) is 41.6 cm³/mol. The Morgan fingerprint density at radius 1 is 1.45 bits per heavy atom. The number of ether oxygens (including phenoxy) is 1. The Bertz CT molecular complexity index is 194. The van der Waals surface area contributed by atoms with E-state index >= 15 is 0 Å². The van der Waals surface area contributed by atoms with E-state index in [9.17, 15) is 9.00 Å². The summed E-state index contributed by atoms with van der Waals surface area (Å²) in [5.74, 6) is -0.201. The molecule has 0 unspecified atom stereocenters. The smallest absolute Gasteiger partial charge is 0.259 e. The van der Waals surface area contributed by atoms with E-state index in [0.29, 0.717) is 26.3 Å². The van der Waals surface area contributed by atoms with Crippen LogP contribution >= 0.6 is 0 Å². The molecule has 0 bridgehead atoms. The Kier molecular flexibility index (Phi) is 3.25. The SMILES string of the molecule is O=S=CC(=O)N1CCOCC1. The van der Waals surface area contributed by atoms with Gasteiger partial charge in [0.15, 0.2) is 0 Å². The van der Waals surface area contributed by atoms with Crippen molar-refractivity contribution in [3.05, 3.63) is 0 Å². The topological polar surface area (TPSA) is 46.6 Å². The molecular formula is C6H9NO3S. The van der Waals surface area contributed by atoms with Crippen molar-refractivity contribution in [3.63, 3.8) is 0 Å². The van der Waals surface area contributed by atoms with Gasteiger partial charge in [-0.15, -0.1) is 0 Å². The van der Waals surface area contributed by atoms with Gasteiger partial charge < -0.3 is 9.64 Å². The molecule has 62 valence electrons. The largest absolute Gasteiger partial charge is 0.378 e. The number of hydrogen-bond acceptors (Lipinski definition) is 3. The first-order valence-corrected chi connectivity index (χ1v) is 4.13. The molecule has 0 aliphatic carbocycles. The van der Waals surface area contributed by atoms with Crippen molar-refractivity contribution in [1.82, 2.24) is 4.90 Å². The third-order valence-electron chi connectivity index (χ3n) is 1.47. The molecule has 11 heavy (non-hydrogen) atoms. The molecule has 1 saturated heterocycles. The van der Waals surface area contributed by atoms with Gasteiger partial charge in [-0.2, -0.15) is 0 Å². The highest BCUT2D eigenvalue weighted by Crippen LogP contribution is 1.94. The quantitative estimate of drug-likeness (QED) is 0.473. The van der Waals surface area contributed by atoms with Crippen LogP contribution in [0.2, 0.25) is 0 Å². The van der Waals surface area contributed by atoms with Crippen LogP contribution in [0.15, 0.2) is 0 Å². The second-order valence-corrected chi connectivity index (χ2v) is 2.58. The Morgan fingerprint density at radius 2 is 2.09 bits per heavy atom. The van der Waals surface area contributed by atoms with Crippen molar-refractivity contribution in [1.29, 1.82) is 0 Å². The van der Waals surface area contributed by atoms with E-state index in [4.69, 9.17) is 4.74 Å². The molecule has 0 atom stereocenters. The molecule has 0 radical (unpaired) electrons. The van der Waals surface area contributed by atoms with Gasteiger partial charge in [0.2, 0.25) is 0 Å². The second-order valence-electron chi connectivity index (χ2n) is 2.15. The molecular weight excluding hydrogens is 166 g/mol. The van der Waals surface area contributed by atoms with E-state index in [1.54, 1.807) is 4.90 Å². The van der Waals surface area contributed by atoms with Crippen molar-refractivity contribution in [2.45, 2.75) is 0 Å². The van der Waals surface area contributed by atoms with Crippen LogP contribution in [-0.4, -0.2) is 46.7 Å². The summed E-state index contributed by atoms with van der Waals surface area (Å²) in [5.41, 5.74) is 0. The number of carbonyl (C=O) groups excluding carboxylic acids is 1. The van der Waals surface area contributed by atoms with E-state index in [1.165, 1.54) is 0 Å². The maximum absolute atomic E-state index is 11.0. The van der Waals surface area contributed by atoms with Crippen LogP contribution in [0.4, 0.5) is 0 Å². The highest BCUT2D eigenvalue weighted by atomic mass is 32.1. The lowest BCUT2D eigenvalue weighted by Crippen LogP contribution is -2.41. The van der Waals surface area contributed by atoms with Crippen LogP contribution in [0.25, 0.3) is 0 Å². The van der Waals surface area contributed by atoms with E-state index in [1.807, 2.05) is 0 Å². The summed E-state index contributed by atoms with van der Waals surface area (Å²) in [5, 5.41) is 1.07. The summed E-state index contributed by atoms with van der Waals surface area (Å²) >= 11 is 0.196. The molecule has 1 fully saturated rings. The summed E-state index contributed by atoms with van der Waals surface area (Å²) in [7, 11) is 0. The normalized spacial score (nSPS) is 17.6. The zero-order valence-electron chi connectivity index (χ0n) is 5.99. The van der Waals surface area contributed by atoms with Crippen LogP contribution in [0.1, 0.15) is 0 Å². The average Bonchev–Trinajstić information content (AvgIpc) is 2.07. The minimum Gasteiger partial charge on any atom is -0.378 e. The fourth-order valence-corrected chi connectivity index (χ4v) is 1.13. The standard InChI is InChI=1S/C6H9NO3S/c8-6(5-11-9)7-1-3-10-4-2-7/h5H,1-4H2. The Balaban J connectivity index is 2.44. The van der Waals surface area contributed by atoms with Crippen molar-refractivity contribution < 1.29 is 13.7 Å².